The number of thiophene rings is 2. The Morgan fingerprint density at radius 1 is 1.08 bits per heavy atom. The maximum atomic E-state index is 4.46. The molecule has 2 N–H and O–H groups in total. The normalized spacial score (nSPS) is 14.2. The minimum Gasteiger partial charge on any atom is -0.353 e. The van der Waals surface area contributed by atoms with E-state index in [4.69, 9.17) is 0 Å². The van der Waals surface area contributed by atoms with E-state index in [1.807, 2.05) is 12.2 Å². The molecule has 0 spiro atoms. The third-order valence-electron chi connectivity index (χ3n) is 3.32. The summed E-state index contributed by atoms with van der Waals surface area (Å²) in [6, 6.07) is 8.49. The fraction of sp³-hybridized carbons (Fsp3) is 0.222. The van der Waals surface area contributed by atoms with Crippen LogP contribution in [0.25, 0.3) is 12.2 Å². The van der Waals surface area contributed by atoms with E-state index >= 15 is 0 Å². The Morgan fingerprint density at radius 3 is 2.17 bits per heavy atom. The number of guanidine groups is 1. The summed E-state index contributed by atoms with van der Waals surface area (Å²) in [5.74, 6) is 0.730. The number of nitrogens with one attached hydrogen (secondary N) is 2. The summed E-state index contributed by atoms with van der Waals surface area (Å²) < 4.78 is 0. The van der Waals surface area contributed by atoms with E-state index in [9.17, 15) is 0 Å². The van der Waals surface area contributed by atoms with Gasteiger partial charge in [0.25, 0.3) is 0 Å². The van der Waals surface area contributed by atoms with Crippen LogP contribution in [0.5, 0.6) is 0 Å². The molecule has 0 atom stereocenters. The third-order valence-corrected chi connectivity index (χ3v) is 5.26. The first kappa shape index (κ1) is 16.7. The predicted octanol–water partition coefficient (Wildman–Crippen LogP) is 4.06. The first-order valence-corrected chi connectivity index (χ1v) is 9.43. The maximum Gasteiger partial charge on any atom is 0.212 e. The van der Waals surface area contributed by atoms with Gasteiger partial charge in [0.15, 0.2) is 0 Å². The van der Waals surface area contributed by atoms with Crippen molar-refractivity contribution in [3.8, 4) is 0 Å². The molecule has 24 heavy (non-hydrogen) atoms. The minimum absolute atomic E-state index is 0.730. The lowest BCUT2D eigenvalue weighted by Gasteiger charge is -2.01. The third kappa shape index (κ3) is 4.91. The lowest BCUT2D eigenvalue weighted by Crippen LogP contribution is -2.30. The van der Waals surface area contributed by atoms with Crippen molar-refractivity contribution in [1.29, 1.82) is 0 Å². The van der Waals surface area contributed by atoms with Gasteiger partial charge in [-0.25, -0.2) is 10.4 Å². The van der Waals surface area contributed by atoms with Crippen LogP contribution >= 0.6 is 22.7 Å². The molecule has 2 aromatic heterocycles. The van der Waals surface area contributed by atoms with Crippen LogP contribution in [0.4, 0.5) is 0 Å². The molecule has 1 aliphatic heterocycles. The van der Waals surface area contributed by atoms with Gasteiger partial charge in [-0.3, -0.25) is 0 Å². The van der Waals surface area contributed by atoms with Gasteiger partial charge in [-0.1, -0.05) is 0 Å². The largest absolute Gasteiger partial charge is 0.353 e. The molecule has 2 aromatic rings. The highest BCUT2D eigenvalue weighted by Crippen LogP contribution is 2.18. The van der Waals surface area contributed by atoms with Gasteiger partial charge in [-0.05, 0) is 62.4 Å². The van der Waals surface area contributed by atoms with Crippen LogP contribution in [0.15, 0.2) is 46.5 Å². The summed E-state index contributed by atoms with van der Waals surface area (Å²) in [4.78, 5) is 9.34. The SMILES string of the molecule is Cc1ccc(/C=C/C(/C=C/c2ccc(C)s2)=NNC2=NCCN2)s1. The summed E-state index contributed by atoms with van der Waals surface area (Å²) in [6.07, 6.45) is 8.22. The van der Waals surface area contributed by atoms with E-state index in [1.54, 1.807) is 22.7 Å². The highest BCUT2D eigenvalue weighted by molar-refractivity contribution is 7.13. The van der Waals surface area contributed by atoms with Gasteiger partial charge in [0, 0.05) is 26.1 Å². The van der Waals surface area contributed by atoms with Crippen molar-refractivity contribution >= 4 is 46.5 Å². The Labute approximate surface area is 150 Å². The Bertz CT molecular complexity index is 756. The molecule has 0 aliphatic carbocycles. The van der Waals surface area contributed by atoms with Crippen molar-refractivity contribution in [2.75, 3.05) is 13.1 Å². The topological polar surface area (TPSA) is 48.8 Å². The Kier molecular flexibility index (Phi) is 5.61. The molecule has 0 amide bonds. The number of aliphatic imine (C=N–C) groups is 1. The number of allylic oxidation sites excluding steroid dienone is 2. The molecule has 0 bridgehead atoms. The van der Waals surface area contributed by atoms with Gasteiger partial charge >= 0.3 is 0 Å². The minimum atomic E-state index is 0.730. The van der Waals surface area contributed by atoms with Crippen molar-refractivity contribution in [2.24, 2.45) is 10.1 Å². The highest BCUT2D eigenvalue weighted by atomic mass is 32.1. The monoisotopic (exact) mass is 356 g/mol. The number of nitrogens with zero attached hydrogens (tertiary/aromatic N) is 2. The van der Waals surface area contributed by atoms with Crippen molar-refractivity contribution in [3.05, 3.63) is 55.9 Å². The average molecular weight is 357 g/mol. The van der Waals surface area contributed by atoms with E-state index in [0.29, 0.717) is 0 Å². The lowest BCUT2D eigenvalue weighted by atomic mass is 10.2. The Morgan fingerprint density at radius 2 is 1.71 bits per heavy atom. The molecule has 0 radical (unpaired) electrons. The van der Waals surface area contributed by atoms with Crippen LogP contribution in [0.1, 0.15) is 19.5 Å². The number of hydrazone groups is 1. The fourth-order valence-corrected chi connectivity index (χ4v) is 3.70. The van der Waals surface area contributed by atoms with E-state index in [2.05, 4.69) is 71.1 Å². The van der Waals surface area contributed by atoms with Crippen LogP contribution < -0.4 is 10.7 Å². The lowest BCUT2D eigenvalue weighted by molar-refractivity contribution is 0.918. The Balaban J connectivity index is 1.75. The highest BCUT2D eigenvalue weighted by Gasteiger charge is 2.02. The van der Waals surface area contributed by atoms with E-state index in [-0.39, 0.29) is 0 Å². The van der Waals surface area contributed by atoms with Crippen LogP contribution in [0.2, 0.25) is 0 Å². The molecule has 3 heterocycles. The zero-order valence-electron chi connectivity index (χ0n) is 13.7. The van der Waals surface area contributed by atoms with Crippen LogP contribution in [-0.4, -0.2) is 24.8 Å². The summed E-state index contributed by atoms with van der Waals surface area (Å²) >= 11 is 3.54. The molecule has 6 heteroatoms. The van der Waals surface area contributed by atoms with Crippen LogP contribution in [-0.2, 0) is 0 Å². The number of rotatable bonds is 5. The molecule has 0 aromatic carbocycles. The summed E-state index contributed by atoms with van der Waals surface area (Å²) in [5, 5.41) is 7.61. The number of hydrogen-bond acceptors (Lipinski definition) is 6. The number of hydrogen-bond donors (Lipinski definition) is 2. The molecular weight excluding hydrogens is 336 g/mol. The zero-order valence-corrected chi connectivity index (χ0v) is 15.4. The summed E-state index contributed by atoms with van der Waals surface area (Å²) in [5.41, 5.74) is 3.85. The number of aryl methyl sites for hydroxylation is 2. The smallest absolute Gasteiger partial charge is 0.212 e. The van der Waals surface area contributed by atoms with Crippen molar-refractivity contribution in [2.45, 2.75) is 13.8 Å². The molecule has 0 saturated carbocycles. The van der Waals surface area contributed by atoms with Gasteiger partial charge in [0.05, 0.1) is 12.3 Å². The molecule has 0 saturated heterocycles. The molecule has 0 unspecified atom stereocenters. The fourth-order valence-electron chi connectivity index (χ4n) is 2.14. The molecule has 3 rings (SSSR count). The zero-order chi connectivity index (χ0) is 16.8. The second kappa shape index (κ2) is 8.08. The standard InChI is InChI=1S/C18H20N4S2/c1-13-3-7-16(23-13)9-5-15(21-22-18-19-11-12-20-18)6-10-17-8-4-14(2)24-17/h3-10H,11-12H2,1-2H3,(H2,19,20,22)/b9-5+,10-6+. The predicted molar refractivity (Wildman–Crippen MR) is 107 cm³/mol. The van der Waals surface area contributed by atoms with Gasteiger partial charge in [0.2, 0.25) is 5.96 Å². The van der Waals surface area contributed by atoms with E-state index in [0.717, 1.165) is 24.8 Å². The van der Waals surface area contributed by atoms with E-state index < -0.39 is 0 Å². The van der Waals surface area contributed by atoms with Gasteiger partial charge in [-0.15, -0.1) is 22.7 Å². The molecule has 0 fully saturated rings. The van der Waals surface area contributed by atoms with Crippen LogP contribution in [0, 0.1) is 13.8 Å². The van der Waals surface area contributed by atoms with Gasteiger partial charge < -0.3 is 5.32 Å². The molecule has 124 valence electrons. The van der Waals surface area contributed by atoms with Crippen molar-refractivity contribution in [1.82, 2.24) is 10.7 Å². The average Bonchev–Trinajstić information content (AvgIpc) is 3.29. The van der Waals surface area contributed by atoms with Gasteiger partial charge in [-0.2, -0.15) is 5.10 Å². The quantitative estimate of drug-likeness (QED) is 0.627. The second-order valence-corrected chi connectivity index (χ2v) is 8.01. The maximum absolute atomic E-state index is 4.46. The van der Waals surface area contributed by atoms with Crippen molar-refractivity contribution in [3.63, 3.8) is 0 Å². The summed E-state index contributed by atoms with van der Waals surface area (Å²) in [6.45, 7) is 5.88. The van der Waals surface area contributed by atoms with Crippen molar-refractivity contribution < 1.29 is 0 Å². The molecule has 4 nitrogen and oxygen atoms in total. The molecular formula is C18H20N4S2. The Hall–Kier alpha value is -2.18. The summed E-state index contributed by atoms with van der Waals surface area (Å²) in [7, 11) is 0. The molecule has 1 aliphatic rings. The van der Waals surface area contributed by atoms with E-state index in [1.165, 1.54) is 19.5 Å². The van der Waals surface area contributed by atoms with Crippen LogP contribution in [0.3, 0.4) is 0 Å². The first-order chi connectivity index (χ1) is 11.7. The second-order valence-electron chi connectivity index (χ2n) is 5.37. The first-order valence-electron chi connectivity index (χ1n) is 7.80. The van der Waals surface area contributed by atoms with Gasteiger partial charge in [0.1, 0.15) is 0 Å².